The second-order valence-electron chi connectivity index (χ2n) is 6.38. The lowest BCUT2D eigenvalue weighted by atomic mass is 10.0. The van der Waals surface area contributed by atoms with Gasteiger partial charge in [0.15, 0.2) is 11.6 Å². The minimum Gasteiger partial charge on any atom is -0.399 e. The summed E-state index contributed by atoms with van der Waals surface area (Å²) in [7, 11) is 0. The predicted molar refractivity (Wildman–Crippen MR) is 101 cm³/mol. The lowest BCUT2D eigenvalue weighted by molar-refractivity contribution is -0.276. The van der Waals surface area contributed by atoms with Gasteiger partial charge in [-0.1, -0.05) is 42.2 Å². The number of alkyl halides is 3. The Kier molecular flexibility index (Phi) is 6.06. The zero-order valence-electron chi connectivity index (χ0n) is 15.4. The molecule has 3 aromatic carbocycles. The molecule has 0 radical (unpaired) electrons. The number of halogens is 6. The third-order valence-electron chi connectivity index (χ3n) is 4.21. The van der Waals surface area contributed by atoms with Crippen molar-refractivity contribution in [3.05, 3.63) is 89.3 Å². The van der Waals surface area contributed by atoms with Crippen LogP contribution in [0.15, 0.2) is 55.1 Å². The van der Waals surface area contributed by atoms with E-state index in [2.05, 4.69) is 23.2 Å². The second-order valence-corrected chi connectivity index (χ2v) is 6.38. The SMILES string of the molecule is C=CCCc1ccc2c(F)c(C#Cc3cc(F)c(OC(F)(F)F)c(F)c3)ccc2c1. The van der Waals surface area contributed by atoms with Crippen LogP contribution in [0.1, 0.15) is 23.1 Å². The third kappa shape index (κ3) is 4.95. The van der Waals surface area contributed by atoms with Gasteiger partial charge in [0.25, 0.3) is 0 Å². The summed E-state index contributed by atoms with van der Waals surface area (Å²) in [6.45, 7) is 3.66. The molecule has 3 aromatic rings. The monoisotopic (exact) mass is 420 g/mol. The van der Waals surface area contributed by atoms with Crippen LogP contribution in [-0.2, 0) is 6.42 Å². The summed E-state index contributed by atoms with van der Waals surface area (Å²) < 4.78 is 82.2. The van der Waals surface area contributed by atoms with E-state index in [1.54, 1.807) is 24.3 Å². The molecule has 0 heterocycles. The van der Waals surface area contributed by atoms with Crippen LogP contribution in [0.5, 0.6) is 5.75 Å². The van der Waals surface area contributed by atoms with Crippen molar-refractivity contribution in [2.45, 2.75) is 19.2 Å². The fourth-order valence-electron chi connectivity index (χ4n) is 2.85. The van der Waals surface area contributed by atoms with Gasteiger partial charge >= 0.3 is 6.36 Å². The fourth-order valence-corrected chi connectivity index (χ4v) is 2.85. The average Bonchev–Trinajstić information content (AvgIpc) is 2.68. The second kappa shape index (κ2) is 8.54. The summed E-state index contributed by atoms with van der Waals surface area (Å²) in [5, 5.41) is 1.00. The van der Waals surface area contributed by atoms with Gasteiger partial charge in [-0.05, 0) is 42.0 Å². The largest absolute Gasteiger partial charge is 0.573 e. The molecule has 0 saturated carbocycles. The molecule has 0 aliphatic heterocycles. The van der Waals surface area contributed by atoms with Gasteiger partial charge in [-0.3, -0.25) is 0 Å². The Hall–Kier alpha value is -3.40. The zero-order chi connectivity index (χ0) is 21.9. The van der Waals surface area contributed by atoms with Crippen LogP contribution in [0, 0.1) is 29.3 Å². The van der Waals surface area contributed by atoms with E-state index >= 15 is 0 Å². The lowest BCUT2D eigenvalue weighted by Gasteiger charge is -2.10. The molecule has 7 heteroatoms. The van der Waals surface area contributed by atoms with E-state index < -0.39 is 29.6 Å². The van der Waals surface area contributed by atoms with E-state index in [1.165, 1.54) is 6.07 Å². The number of aryl methyl sites for hydroxylation is 1. The standard InChI is InChI=1S/C23H14F6O/c1-2-3-4-14-6-10-18-17(11-14)9-8-16(21(18)26)7-5-15-12-19(24)22(20(25)13-15)30-23(27,28)29/h2,6,8-13H,1,3-4H2. The van der Waals surface area contributed by atoms with Crippen molar-refractivity contribution < 1.29 is 31.1 Å². The van der Waals surface area contributed by atoms with Gasteiger partial charge in [0.1, 0.15) is 5.82 Å². The van der Waals surface area contributed by atoms with Crippen molar-refractivity contribution in [2.75, 3.05) is 0 Å². The first-order chi connectivity index (χ1) is 14.2. The van der Waals surface area contributed by atoms with Gasteiger partial charge in [0, 0.05) is 10.9 Å². The summed E-state index contributed by atoms with van der Waals surface area (Å²) in [5.41, 5.74) is 0.740. The maximum absolute atomic E-state index is 14.8. The summed E-state index contributed by atoms with van der Waals surface area (Å²) >= 11 is 0. The van der Waals surface area contributed by atoms with Crippen LogP contribution < -0.4 is 4.74 Å². The van der Waals surface area contributed by atoms with Crippen molar-refractivity contribution in [3.63, 3.8) is 0 Å². The maximum atomic E-state index is 14.8. The topological polar surface area (TPSA) is 9.23 Å². The first-order valence-corrected chi connectivity index (χ1v) is 8.77. The van der Waals surface area contributed by atoms with Crippen LogP contribution in [-0.4, -0.2) is 6.36 Å². The quantitative estimate of drug-likeness (QED) is 0.260. The van der Waals surface area contributed by atoms with Crippen molar-refractivity contribution in [3.8, 4) is 17.6 Å². The van der Waals surface area contributed by atoms with Crippen LogP contribution in [0.4, 0.5) is 26.3 Å². The molecule has 0 unspecified atom stereocenters. The Morgan fingerprint density at radius 3 is 2.27 bits per heavy atom. The molecule has 0 atom stereocenters. The average molecular weight is 420 g/mol. The summed E-state index contributed by atoms with van der Waals surface area (Å²) in [6.07, 6.45) is -1.89. The maximum Gasteiger partial charge on any atom is 0.573 e. The molecular weight excluding hydrogens is 406 g/mol. The van der Waals surface area contributed by atoms with Crippen LogP contribution in [0.25, 0.3) is 10.8 Å². The van der Waals surface area contributed by atoms with E-state index in [-0.39, 0.29) is 11.1 Å². The number of hydrogen-bond acceptors (Lipinski definition) is 1. The molecule has 0 aromatic heterocycles. The van der Waals surface area contributed by atoms with Gasteiger partial charge in [0.05, 0.1) is 5.56 Å². The molecule has 0 fully saturated rings. The molecule has 0 N–H and O–H groups in total. The number of rotatable bonds is 4. The third-order valence-corrected chi connectivity index (χ3v) is 4.21. The molecular formula is C23H14F6O. The molecule has 154 valence electrons. The van der Waals surface area contributed by atoms with Gasteiger partial charge < -0.3 is 4.74 Å². The van der Waals surface area contributed by atoms with E-state index in [9.17, 15) is 26.3 Å². The van der Waals surface area contributed by atoms with E-state index in [0.29, 0.717) is 22.9 Å². The Balaban J connectivity index is 1.92. The molecule has 1 nitrogen and oxygen atoms in total. The number of allylic oxidation sites excluding steroid dienone is 1. The number of ether oxygens (including phenoxy) is 1. The molecule has 30 heavy (non-hydrogen) atoms. The van der Waals surface area contributed by atoms with Crippen molar-refractivity contribution >= 4 is 10.8 Å². The molecule has 0 aliphatic carbocycles. The normalized spacial score (nSPS) is 11.1. The van der Waals surface area contributed by atoms with Crippen LogP contribution >= 0.6 is 0 Å². The fraction of sp³-hybridized carbons (Fsp3) is 0.130. The van der Waals surface area contributed by atoms with E-state index in [1.807, 2.05) is 6.07 Å². The number of fused-ring (bicyclic) bond motifs is 1. The smallest absolute Gasteiger partial charge is 0.399 e. The molecule has 3 rings (SSSR count). The highest BCUT2D eigenvalue weighted by Gasteiger charge is 2.34. The van der Waals surface area contributed by atoms with Gasteiger partial charge in [0.2, 0.25) is 5.75 Å². The number of hydrogen-bond donors (Lipinski definition) is 0. The van der Waals surface area contributed by atoms with E-state index in [4.69, 9.17) is 0 Å². The highest BCUT2D eigenvalue weighted by Crippen LogP contribution is 2.29. The lowest BCUT2D eigenvalue weighted by Crippen LogP contribution is -2.19. The Morgan fingerprint density at radius 1 is 0.933 bits per heavy atom. The van der Waals surface area contributed by atoms with E-state index in [0.717, 1.165) is 18.4 Å². The summed E-state index contributed by atoms with van der Waals surface area (Å²) in [4.78, 5) is 0. The zero-order valence-corrected chi connectivity index (χ0v) is 15.4. The minimum absolute atomic E-state index is 0.0159. The predicted octanol–water partition coefficient (Wildman–Crippen LogP) is 6.67. The van der Waals surface area contributed by atoms with Crippen molar-refractivity contribution in [1.29, 1.82) is 0 Å². The molecule has 0 aliphatic rings. The molecule has 0 amide bonds. The molecule has 0 bridgehead atoms. The number of benzene rings is 3. The first-order valence-electron chi connectivity index (χ1n) is 8.77. The van der Waals surface area contributed by atoms with Gasteiger partial charge in [-0.15, -0.1) is 19.8 Å². The Bertz CT molecular complexity index is 1140. The first kappa shape index (κ1) is 21.3. The van der Waals surface area contributed by atoms with Crippen LogP contribution in [0.2, 0.25) is 0 Å². The van der Waals surface area contributed by atoms with Gasteiger partial charge in [-0.2, -0.15) is 0 Å². The highest BCUT2D eigenvalue weighted by molar-refractivity contribution is 5.85. The minimum atomic E-state index is -5.24. The summed E-state index contributed by atoms with van der Waals surface area (Å²) in [5.74, 6) is -0.492. The van der Waals surface area contributed by atoms with Crippen molar-refractivity contribution in [1.82, 2.24) is 0 Å². The summed E-state index contributed by atoms with van der Waals surface area (Å²) in [6, 6.07) is 9.53. The molecule has 0 saturated heterocycles. The Morgan fingerprint density at radius 2 is 1.63 bits per heavy atom. The van der Waals surface area contributed by atoms with Crippen molar-refractivity contribution in [2.24, 2.45) is 0 Å². The Labute approximate surface area is 168 Å². The molecule has 0 spiro atoms. The van der Waals surface area contributed by atoms with Gasteiger partial charge in [-0.25, -0.2) is 13.2 Å². The van der Waals surface area contributed by atoms with Crippen LogP contribution in [0.3, 0.4) is 0 Å². The highest BCUT2D eigenvalue weighted by atomic mass is 19.4.